The molecule has 0 aliphatic carbocycles. The van der Waals surface area contributed by atoms with Gasteiger partial charge in [0.15, 0.2) is 11.5 Å². The Bertz CT molecular complexity index is 1360. The Kier molecular flexibility index (Phi) is 5.70. The molecule has 2 heterocycles. The van der Waals surface area contributed by atoms with E-state index >= 15 is 0 Å². The van der Waals surface area contributed by atoms with Crippen molar-refractivity contribution in [3.05, 3.63) is 83.4 Å². The molecule has 5 rings (SSSR count). The second-order valence-corrected chi connectivity index (χ2v) is 9.70. The number of hydrogen-bond donors (Lipinski definition) is 1. The van der Waals surface area contributed by atoms with Gasteiger partial charge in [-0.3, -0.25) is 9.69 Å². The fraction of sp³-hybridized carbons (Fsp3) is 0.286. The zero-order valence-electron chi connectivity index (χ0n) is 20.3. The Morgan fingerprint density at radius 2 is 1.83 bits per heavy atom. The maximum absolute atomic E-state index is 13.6. The third-order valence-electron chi connectivity index (χ3n) is 6.80. The third kappa shape index (κ3) is 4.17. The number of nitrogens with zero attached hydrogens (tertiary/aromatic N) is 2. The predicted octanol–water partition coefficient (Wildman–Crippen LogP) is 5.03. The van der Waals surface area contributed by atoms with Crippen molar-refractivity contribution in [3.63, 3.8) is 0 Å². The van der Waals surface area contributed by atoms with E-state index in [4.69, 9.17) is 15.5 Å². The van der Waals surface area contributed by atoms with Crippen molar-refractivity contribution in [1.82, 2.24) is 4.90 Å². The van der Waals surface area contributed by atoms with E-state index in [0.29, 0.717) is 17.7 Å². The number of aliphatic imine (C=N–C) groups is 1. The van der Waals surface area contributed by atoms with E-state index in [2.05, 4.69) is 10.8 Å². The topological polar surface area (TPSA) is 77.2 Å². The standard InChI is InChI=1S/C28H27F2N3O3/c1-17-5-4-6-19(13-17)20-9-12-23-22(14-20)28(24(34)33(3)26(31)32-28)16-27(2,36-23)15-18-7-10-21(11-8-18)35-25(29)30/h4-14,25H,15-16H2,1-3H3,(H2,31,32)/t27-,28-/m1/s1. The number of amides is 1. The Hall–Kier alpha value is -3.94. The maximum Gasteiger partial charge on any atom is 0.387 e. The minimum absolute atomic E-state index is 0.0823. The molecule has 0 unspecified atom stereocenters. The third-order valence-corrected chi connectivity index (χ3v) is 6.80. The van der Waals surface area contributed by atoms with Crippen LogP contribution in [0.3, 0.4) is 0 Å². The minimum Gasteiger partial charge on any atom is -0.487 e. The summed E-state index contributed by atoms with van der Waals surface area (Å²) in [7, 11) is 1.62. The van der Waals surface area contributed by atoms with Gasteiger partial charge in [-0.05, 0) is 54.8 Å². The van der Waals surface area contributed by atoms with E-state index < -0.39 is 17.8 Å². The number of carbonyl (C=O) groups excluding carboxylic acids is 1. The quantitative estimate of drug-likeness (QED) is 0.543. The molecule has 2 atom stereocenters. The summed E-state index contributed by atoms with van der Waals surface area (Å²) in [5, 5.41) is 0. The van der Waals surface area contributed by atoms with Crippen LogP contribution < -0.4 is 15.2 Å². The first-order chi connectivity index (χ1) is 17.1. The summed E-state index contributed by atoms with van der Waals surface area (Å²) in [6, 6.07) is 20.4. The minimum atomic E-state index is -2.88. The molecule has 3 aromatic carbocycles. The predicted molar refractivity (Wildman–Crippen MR) is 133 cm³/mol. The molecule has 6 nitrogen and oxygen atoms in total. The Balaban J connectivity index is 1.55. The first-order valence-electron chi connectivity index (χ1n) is 11.7. The first-order valence-corrected chi connectivity index (χ1v) is 11.7. The number of guanidine groups is 1. The van der Waals surface area contributed by atoms with Crippen LogP contribution in [0.25, 0.3) is 11.1 Å². The van der Waals surface area contributed by atoms with Crippen molar-refractivity contribution >= 4 is 11.9 Å². The van der Waals surface area contributed by atoms with Crippen molar-refractivity contribution in [2.75, 3.05) is 7.05 Å². The lowest BCUT2D eigenvalue weighted by atomic mass is 9.74. The number of rotatable bonds is 5. The highest BCUT2D eigenvalue weighted by Crippen LogP contribution is 2.50. The fourth-order valence-corrected chi connectivity index (χ4v) is 5.19. The van der Waals surface area contributed by atoms with Gasteiger partial charge in [-0.25, -0.2) is 4.99 Å². The molecule has 36 heavy (non-hydrogen) atoms. The van der Waals surface area contributed by atoms with Gasteiger partial charge in [0.2, 0.25) is 0 Å². The van der Waals surface area contributed by atoms with Gasteiger partial charge in [0.05, 0.1) is 0 Å². The van der Waals surface area contributed by atoms with Crippen molar-refractivity contribution < 1.29 is 23.0 Å². The van der Waals surface area contributed by atoms with Crippen LogP contribution >= 0.6 is 0 Å². The van der Waals surface area contributed by atoms with Gasteiger partial charge in [-0.1, -0.05) is 48.0 Å². The number of carbonyl (C=O) groups is 1. The van der Waals surface area contributed by atoms with E-state index in [1.165, 1.54) is 17.0 Å². The summed E-state index contributed by atoms with van der Waals surface area (Å²) in [6.07, 6.45) is 0.693. The van der Waals surface area contributed by atoms with Gasteiger partial charge in [-0.2, -0.15) is 8.78 Å². The normalized spacial score (nSPS) is 23.0. The van der Waals surface area contributed by atoms with Crippen LogP contribution in [0.5, 0.6) is 11.5 Å². The lowest BCUT2D eigenvalue weighted by Crippen LogP contribution is -2.51. The van der Waals surface area contributed by atoms with Crippen LogP contribution in [0, 0.1) is 6.92 Å². The Morgan fingerprint density at radius 3 is 2.47 bits per heavy atom. The van der Waals surface area contributed by atoms with Crippen molar-refractivity contribution in [1.29, 1.82) is 0 Å². The van der Waals surface area contributed by atoms with Crippen LogP contribution in [0.1, 0.15) is 30.0 Å². The second kappa shape index (κ2) is 8.62. The number of ether oxygens (including phenoxy) is 2. The Labute approximate surface area is 208 Å². The van der Waals surface area contributed by atoms with E-state index in [9.17, 15) is 13.6 Å². The highest BCUT2D eigenvalue weighted by Gasteiger charge is 2.56. The average Bonchev–Trinajstić information content (AvgIpc) is 3.03. The average molecular weight is 492 g/mol. The summed E-state index contributed by atoms with van der Waals surface area (Å²) in [6.45, 7) is 1.07. The molecule has 2 aliphatic heterocycles. The molecule has 2 N–H and O–H groups in total. The van der Waals surface area contributed by atoms with E-state index in [1.807, 2.05) is 50.2 Å². The second-order valence-electron chi connectivity index (χ2n) is 9.70. The molecule has 0 saturated carbocycles. The number of likely N-dealkylation sites (N-methyl/N-ethyl adjacent to an activating group) is 1. The fourth-order valence-electron chi connectivity index (χ4n) is 5.19. The molecule has 0 saturated heterocycles. The van der Waals surface area contributed by atoms with Crippen LogP contribution in [0.15, 0.2) is 71.7 Å². The van der Waals surface area contributed by atoms with E-state index in [0.717, 1.165) is 22.3 Å². The van der Waals surface area contributed by atoms with E-state index in [-0.39, 0.29) is 24.0 Å². The molecule has 186 valence electrons. The molecule has 1 spiro atoms. The number of fused-ring (bicyclic) bond motifs is 2. The van der Waals surface area contributed by atoms with Crippen LogP contribution in [-0.2, 0) is 16.8 Å². The lowest BCUT2D eigenvalue weighted by molar-refractivity contribution is -0.133. The highest BCUT2D eigenvalue weighted by molar-refractivity contribution is 6.07. The van der Waals surface area contributed by atoms with Crippen molar-refractivity contribution in [2.45, 2.75) is 44.4 Å². The van der Waals surface area contributed by atoms with Crippen LogP contribution in [0.2, 0.25) is 0 Å². The number of aryl methyl sites for hydroxylation is 1. The zero-order chi connectivity index (χ0) is 25.7. The van der Waals surface area contributed by atoms with Crippen molar-refractivity contribution in [3.8, 4) is 22.6 Å². The summed E-state index contributed by atoms with van der Waals surface area (Å²) in [5.41, 5.74) is 8.75. The molecule has 3 aromatic rings. The van der Waals surface area contributed by atoms with Gasteiger partial charge in [0.25, 0.3) is 5.91 Å². The van der Waals surface area contributed by atoms with Crippen LogP contribution in [0.4, 0.5) is 8.78 Å². The van der Waals surface area contributed by atoms with Crippen LogP contribution in [-0.4, -0.2) is 36.0 Å². The summed E-state index contributed by atoms with van der Waals surface area (Å²) in [4.78, 5) is 19.7. The first kappa shape index (κ1) is 23.8. The molecule has 8 heteroatoms. The smallest absolute Gasteiger partial charge is 0.387 e. The number of halogens is 2. The van der Waals surface area contributed by atoms with Gasteiger partial charge < -0.3 is 15.2 Å². The van der Waals surface area contributed by atoms with Gasteiger partial charge in [-0.15, -0.1) is 0 Å². The number of alkyl halides is 2. The SMILES string of the molecule is Cc1cccc(-c2ccc3c(c2)[C@@]2(C[C@@](C)(Cc4ccc(OC(F)F)cc4)O3)N=C(N)N(C)C2=O)c1. The molecule has 0 fully saturated rings. The molecule has 0 radical (unpaired) electrons. The highest BCUT2D eigenvalue weighted by atomic mass is 19.3. The largest absolute Gasteiger partial charge is 0.487 e. The molecular weight excluding hydrogens is 464 g/mol. The molecular formula is C28H27F2N3O3. The van der Waals surface area contributed by atoms with Gasteiger partial charge in [0.1, 0.15) is 17.1 Å². The van der Waals surface area contributed by atoms with Gasteiger partial charge >= 0.3 is 6.61 Å². The molecule has 0 bridgehead atoms. The summed E-state index contributed by atoms with van der Waals surface area (Å²) >= 11 is 0. The summed E-state index contributed by atoms with van der Waals surface area (Å²) in [5.74, 6) is 0.597. The molecule has 0 aromatic heterocycles. The number of benzene rings is 3. The lowest BCUT2D eigenvalue weighted by Gasteiger charge is -2.43. The van der Waals surface area contributed by atoms with E-state index in [1.54, 1.807) is 19.2 Å². The molecule has 2 aliphatic rings. The van der Waals surface area contributed by atoms with Gasteiger partial charge in [0, 0.05) is 25.5 Å². The summed E-state index contributed by atoms with van der Waals surface area (Å²) < 4.78 is 36.0. The zero-order valence-corrected chi connectivity index (χ0v) is 20.3. The molecule has 1 amide bonds. The number of hydrogen-bond acceptors (Lipinski definition) is 5. The van der Waals surface area contributed by atoms with Crippen molar-refractivity contribution in [2.24, 2.45) is 10.7 Å². The Morgan fingerprint density at radius 1 is 1.11 bits per heavy atom. The monoisotopic (exact) mass is 491 g/mol. The maximum atomic E-state index is 13.6. The number of nitrogens with two attached hydrogens (primary N) is 1.